The predicted molar refractivity (Wildman–Crippen MR) is 112 cm³/mol. The van der Waals surface area contributed by atoms with Gasteiger partial charge in [-0.15, -0.1) is 0 Å². The molecule has 150 valence electrons. The maximum atomic E-state index is 13.3. The first-order valence-electron chi connectivity index (χ1n) is 10.1. The first kappa shape index (κ1) is 18.4. The maximum absolute atomic E-state index is 13.3. The second-order valence-corrected chi connectivity index (χ2v) is 7.48. The molecule has 0 unspecified atom stereocenters. The van der Waals surface area contributed by atoms with Crippen molar-refractivity contribution >= 4 is 11.7 Å². The Kier molecular flexibility index (Phi) is 4.71. The third-order valence-electron chi connectivity index (χ3n) is 5.62. The van der Waals surface area contributed by atoms with E-state index in [9.17, 15) is 9.59 Å². The fourth-order valence-electron chi connectivity index (χ4n) is 4.05. The highest BCUT2D eigenvalue weighted by Crippen LogP contribution is 2.32. The van der Waals surface area contributed by atoms with E-state index in [1.807, 2.05) is 17.0 Å². The summed E-state index contributed by atoms with van der Waals surface area (Å²) in [6.07, 6.45) is 0.820. The number of ether oxygens (including phenoxy) is 2. The van der Waals surface area contributed by atoms with Crippen molar-refractivity contribution < 1.29 is 19.1 Å². The molecule has 0 atom stereocenters. The van der Waals surface area contributed by atoms with Crippen molar-refractivity contribution in [2.75, 3.05) is 19.8 Å². The van der Waals surface area contributed by atoms with Crippen molar-refractivity contribution in [1.29, 1.82) is 0 Å². The molecule has 0 fully saturated rings. The summed E-state index contributed by atoms with van der Waals surface area (Å²) < 4.78 is 11.1. The molecule has 0 radical (unpaired) electrons. The largest absolute Gasteiger partial charge is 0.486 e. The molecule has 0 spiro atoms. The lowest BCUT2D eigenvalue weighted by Crippen LogP contribution is -2.36. The van der Waals surface area contributed by atoms with Gasteiger partial charge in [-0.3, -0.25) is 9.59 Å². The van der Waals surface area contributed by atoms with Crippen LogP contribution in [0.15, 0.2) is 66.7 Å². The van der Waals surface area contributed by atoms with Gasteiger partial charge >= 0.3 is 0 Å². The molecule has 5 rings (SSSR count). The van der Waals surface area contributed by atoms with Gasteiger partial charge in [0.2, 0.25) is 0 Å². The first-order chi connectivity index (χ1) is 14.7. The van der Waals surface area contributed by atoms with Crippen molar-refractivity contribution in [2.45, 2.75) is 13.0 Å². The van der Waals surface area contributed by atoms with E-state index in [1.165, 1.54) is 5.56 Å². The second kappa shape index (κ2) is 7.67. The lowest BCUT2D eigenvalue weighted by atomic mass is 9.95. The smallest absolute Gasteiger partial charge is 0.254 e. The molecule has 3 aromatic carbocycles. The van der Waals surface area contributed by atoms with Crippen LogP contribution < -0.4 is 9.47 Å². The lowest BCUT2D eigenvalue weighted by molar-refractivity contribution is 0.0730. The van der Waals surface area contributed by atoms with Gasteiger partial charge in [-0.25, -0.2) is 0 Å². The van der Waals surface area contributed by atoms with Gasteiger partial charge in [0.15, 0.2) is 17.3 Å². The van der Waals surface area contributed by atoms with E-state index in [2.05, 4.69) is 12.1 Å². The Labute approximate surface area is 174 Å². The van der Waals surface area contributed by atoms with Gasteiger partial charge in [0, 0.05) is 24.2 Å². The van der Waals surface area contributed by atoms with Crippen molar-refractivity contribution in [2.24, 2.45) is 0 Å². The van der Waals surface area contributed by atoms with Gasteiger partial charge in [0.25, 0.3) is 5.91 Å². The number of carbonyl (C=O) groups excluding carboxylic acids is 2. The molecule has 30 heavy (non-hydrogen) atoms. The zero-order valence-corrected chi connectivity index (χ0v) is 16.5. The number of ketones is 1. The van der Waals surface area contributed by atoms with Crippen LogP contribution in [-0.2, 0) is 13.0 Å². The third-order valence-corrected chi connectivity index (χ3v) is 5.62. The lowest BCUT2D eigenvalue weighted by Gasteiger charge is -2.29. The highest BCUT2D eigenvalue weighted by Gasteiger charge is 2.26. The molecule has 0 saturated carbocycles. The van der Waals surface area contributed by atoms with E-state index in [1.54, 1.807) is 42.5 Å². The van der Waals surface area contributed by atoms with E-state index in [0.717, 1.165) is 12.0 Å². The molecule has 2 heterocycles. The standard InChI is InChI=1S/C25H21NO4/c27-24(18-9-10-22-23(15-18)30-14-13-29-22)20-7-3-4-8-21(20)25(28)26-12-11-17-5-1-2-6-19(17)16-26/h1-10,15H,11-14,16H2. The average molecular weight is 399 g/mol. The Morgan fingerprint density at radius 2 is 1.47 bits per heavy atom. The monoisotopic (exact) mass is 399 g/mol. The van der Waals surface area contributed by atoms with E-state index >= 15 is 0 Å². The molecule has 2 aliphatic rings. The number of rotatable bonds is 3. The van der Waals surface area contributed by atoms with Gasteiger partial charge in [-0.1, -0.05) is 42.5 Å². The molecular formula is C25H21NO4. The number of amides is 1. The van der Waals surface area contributed by atoms with Crippen molar-refractivity contribution in [3.8, 4) is 11.5 Å². The summed E-state index contributed by atoms with van der Waals surface area (Å²) in [4.78, 5) is 28.4. The molecule has 0 aromatic heterocycles. The molecule has 1 amide bonds. The van der Waals surface area contributed by atoms with Crippen LogP contribution in [-0.4, -0.2) is 36.3 Å². The molecule has 0 N–H and O–H groups in total. The molecule has 0 bridgehead atoms. The Balaban J connectivity index is 1.44. The topological polar surface area (TPSA) is 55.8 Å². The minimum Gasteiger partial charge on any atom is -0.486 e. The highest BCUT2D eigenvalue weighted by atomic mass is 16.6. The summed E-state index contributed by atoms with van der Waals surface area (Å²) in [6, 6.07) is 20.4. The van der Waals surface area contributed by atoms with E-state index in [0.29, 0.717) is 54.5 Å². The quantitative estimate of drug-likeness (QED) is 0.627. The van der Waals surface area contributed by atoms with Crippen LogP contribution in [0.5, 0.6) is 11.5 Å². The zero-order valence-electron chi connectivity index (χ0n) is 16.5. The predicted octanol–water partition coefficient (Wildman–Crippen LogP) is 3.89. The Morgan fingerprint density at radius 1 is 0.767 bits per heavy atom. The second-order valence-electron chi connectivity index (χ2n) is 7.48. The average Bonchev–Trinajstić information content (AvgIpc) is 2.82. The number of carbonyl (C=O) groups is 2. The van der Waals surface area contributed by atoms with Crippen molar-refractivity contribution in [3.63, 3.8) is 0 Å². The Hall–Kier alpha value is -3.60. The molecule has 0 aliphatic carbocycles. The van der Waals surface area contributed by atoms with E-state index in [-0.39, 0.29) is 11.7 Å². The maximum Gasteiger partial charge on any atom is 0.254 e. The normalized spacial score (nSPS) is 14.7. The van der Waals surface area contributed by atoms with Gasteiger partial charge in [-0.2, -0.15) is 0 Å². The fraction of sp³-hybridized carbons (Fsp3) is 0.200. The van der Waals surface area contributed by atoms with Crippen LogP contribution in [0.1, 0.15) is 37.4 Å². The van der Waals surface area contributed by atoms with Crippen LogP contribution in [0.3, 0.4) is 0 Å². The first-order valence-corrected chi connectivity index (χ1v) is 10.1. The van der Waals surface area contributed by atoms with Crippen LogP contribution in [0.4, 0.5) is 0 Å². The SMILES string of the molecule is O=C(c1ccc2c(c1)OCCO2)c1ccccc1C(=O)N1CCc2ccccc2C1. The van der Waals surface area contributed by atoms with E-state index < -0.39 is 0 Å². The molecular weight excluding hydrogens is 378 g/mol. The van der Waals surface area contributed by atoms with Crippen molar-refractivity contribution in [1.82, 2.24) is 4.90 Å². The third kappa shape index (κ3) is 3.32. The van der Waals surface area contributed by atoms with Crippen molar-refractivity contribution in [3.05, 3.63) is 94.5 Å². The van der Waals surface area contributed by atoms with Gasteiger partial charge in [0.1, 0.15) is 13.2 Å². The van der Waals surface area contributed by atoms with E-state index in [4.69, 9.17) is 9.47 Å². The van der Waals surface area contributed by atoms with Gasteiger partial charge in [-0.05, 0) is 41.8 Å². The van der Waals surface area contributed by atoms with Crippen LogP contribution >= 0.6 is 0 Å². The van der Waals surface area contributed by atoms with Gasteiger partial charge in [0.05, 0.1) is 5.56 Å². The number of nitrogens with zero attached hydrogens (tertiary/aromatic N) is 1. The van der Waals surface area contributed by atoms with Gasteiger partial charge < -0.3 is 14.4 Å². The molecule has 5 heteroatoms. The highest BCUT2D eigenvalue weighted by molar-refractivity contribution is 6.15. The fourth-order valence-corrected chi connectivity index (χ4v) is 4.05. The van der Waals surface area contributed by atoms with Crippen LogP contribution in [0, 0.1) is 0 Å². The summed E-state index contributed by atoms with van der Waals surface area (Å²) in [5, 5.41) is 0. The van der Waals surface area contributed by atoms with Crippen LogP contribution in [0.2, 0.25) is 0 Å². The molecule has 2 aliphatic heterocycles. The minimum atomic E-state index is -0.201. The zero-order chi connectivity index (χ0) is 20.5. The number of hydrogen-bond donors (Lipinski definition) is 0. The minimum absolute atomic E-state index is 0.119. The Bertz CT molecular complexity index is 1140. The van der Waals surface area contributed by atoms with Crippen LogP contribution in [0.25, 0.3) is 0 Å². The molecule has 0 saturated heterocycles. The number of hydrogen-bond acceptors (Lipinski definition) is 4. The number of fused-ring (bicyclic) bond motifs is 2. The summed E-state index contributed by atoms with van der Waals surface area (Å²) in [6.45, 7) is 2.15. The number of benzene rings is 3. The molecule has 3 aromatic rings. The Morgan fingerprint density at radius 3 is 2.30 bits per heavy atom. The summed E-state index contributed by atoms with van der Waals surface area (Å²) in [5.74, 6) is 0.872. The summed E-state index contributed by atoms with van der Waals surface area (Å²) in [7, 11) is 0. The summed E-state index contributed by atoms with van der Waals surface area (Å²) in [5.41, 5.74) is 3.74. The molecule has 5 nitrogen and oxygen atoms in total. The summed E-state index contributed by atoms with van der Waals surface area (Å²) >= 11 is 0.